The van der Waals surface area contributed by atoms with Crippen molar-refractivity contribution < 1.29 is 0 Å². The van der Waals surface area contributed by atoms with Gasteiger partial charge in [-0.3, -0.25) is 0 Å². The Morgan fingerprint density at radius 1 is 1.38 bits per heavy atom. The van der Waals surface area contributed by atoms with Crippen molar-refractivity contribution in [2.24, 2.45) is 0 Å². The Balaban J connectivity index is 2.72. The van der Waals surface area contributed by atoms with E-state index in [0.717, 1.165) is 3.92 Å². The van der Waals surface area contributed by atoms with Gasteiger partial charge in [0.05, 0.1) is 0 Å². The van der Waals surface area contributed by atoms with E-state index in [2.05, 4.69) is 36.4 Å². The van der Waals surface area contributed by atoms with E-state index in [1.165, 1.54) is 25.7 Å². The van der Waals surface area contributed by atoms with Crippen LogP contribution in [0.25, 0.3) is 0 Å². The molecule has 0 aliphatic rings. The molecule has 50 valence electrons. The minimum Gasteiger partial charge on any atom is -0.0829 e. The highest BCUT2D eigenvalue weighted by molar-refractivity contribution is 14.1. The van der Waals surface area contributed by atoms with Gasteiger partial charge in [-0.2, -0.15) is 0 Å². The van der Waals surface area contributed by atoms with Crippen molar-refractivity contribution in [1.29, 1.82) is 0 Å². The number of halogens is 1. The van der Waals surface area contributed by atoms with E-state index in [4.69, 9.17) is 0 Å². The van der Waals surface area contributed by atoms with Gasteiger partial charge in [0.1, 0.15) is 0 Å². The quantitative estimate of drug-likeness (QED) is 0.391. The molecule has 0 fully saturated rings. The maximum absolute atomic E-state index is 2.48. The Morgan fingerprint density at radius 3 is 2.38 bits per heavy atom. The van der Waals surface area contributed by atoms with Gasteiger partial charge in [-0.15, -0.1) is 0 Å². The average Bonchev–Trinajstić information content (AvgIpc) is 1.66. The molecule has 0 spiro atoms. The van der Waals surface area contributed by atoms with Gasteiger partial charge >= 0.3 is 0 Å². The Labute approximate surface area is 66.2 Å². The lowest BCUT2D eigenvalue weighted by atomic mass is 10.2. The van der Waals surface area contributed by atoms with Gasteiger partial charge in [-0.1, -0.05) is 55.7 Å². The summed E-state index contributed by atoms with van der Waals surface area (Å²) in [4.78, 5) is 0. The van der Waals surface area contributed by atoms with Crippen molar-refractivity contribution in [3.63, 3.8) is 0 Å². The van der Waals surface area contributed by atoms with Crippen molar-refractivity contribution in [2.45, 2.75) is 43.5 Å². The van der Waals surface area contributed by atoms with E-state index in [1.807, 2.05) is 0 Å². The standard InChI is InChI=1S/C7H15I/c1-3-4-5-6-7(2)8/h7H,3-6H2,1-2H3. The van der Waals surface area contributed by atoms with Crippen LogP contribution in [0, 0.1) is 0 Å². The molecule has 0 bridgehead atoms. The molecule has 0 heterocycles. The molecular weight excluding hydrogens is 211 g/mol. The van der Waals surface area contributed by atoms with Crippen molar-refractivity contribution in [1.82, 2.24) is 0 Å². The molecule has 0 saturated carbocycles. The summed E-state index contributed by atoms with van der Waals surface area (Å²) in [5.74, 6) is 0. The molecule has 8 heavy (non-hydrogen) atoms. The van der Waals surface area contributed by atoms with E-state index in [9.17, 15) is 0 Å². The fourth-order valence-corrected chi connectivity index (χ4v) is 1.12. The smallest absolute Gasteiger partial charge is 0.00813 e. The van der Waals surface area contributed by atoms with Gasteiger partial charge in [0, 0.05) is 3.92 Å². The second kappa shape index (κ2) is 5.86. The first-order valence-corrected chi connectivity index (χ1v) is 4.66. The summed E-state index contributed by atoms with van der Waals surface area (Å²) >= 11 is 2.48. The molecule has 0 aliphatic heterocycles. The molecule has 0 aliphatic carbocycles. The van der Waals surface area contributed by atoms with Crippen LogP contribution < -0.4 is 0 Å². The lowest BCUT2D eigenvalue weighted by Crippen LogP contribution is -1.87. The van der Waals surface area contributed by atoms with Gasteiger partial charge in [0.2, 0.25) is 0 Å². The van der Waals surface area contributed by atoms with E-state index < -0.39 is 0 Å². The van der Waals surface area contributed by atoms with Crippen molar-refractivity contribution in [3.05, 3.63) is 0 Å². The van der Waals surface area contributed by atoms with Crippen LogP contribution in [0.15, 0.2) is 0 Å². The minimum atomic E-state index is 0.874. The molecule has 1 heteroatoms. The van der Waals surface area contributed by atoms with Gasteiger partial charge in [-0.05, 0) is 6.42 Å². The zero-order valence-corrected chi connectivity index (χ0v) is 7.94. The third kappa shape index (κ3) is 6.73. The van der Waals surface area contributed by atoms with E-state index in [0.29, 0.717) is 0 Å². The average molecular weight is 226 g/mol. The predicted molar refractivity (Wildman–Crippen MR) is 47.6 cm³/mol. The largest absolute Gasteiger partial charge is 0.0829 e. The summed E-state index contributed by atoms with van der Waals surface area (Å²) in [6.45, 7) is 4.52. The van der Waals surface area contributed by atoms with E-state index in [1.54, 1.807) is 0 Å². The highest BCUT2D eigenvalue weighted by Gasteiger charge is 1.92. The molecule has 0 nitrogen and oxygen atoms in total. The molecule has 1 atom stereocenters. The van der Waals surface area contributed by atoms with Crippen LogP contribution >= 0.6 is 22.6 Å². The summed E-state index contributed by atoms with van der Waals surface area (Å²) in [6, 6.07) is 0. The van der Waals surface area contributed by atoms with Crippen LogP contribution in [0.3, 0.4) is 0 Å². The van der Waals surface area contributed by atoms with Gasteiger partial charge in [0.15, 0.2) is 0 Å². The third-order valence-corrected chi connectivity index (χ3v) is 1.83. The van der Waals surface area contributed by atoms with Crippen LogP contribution in [0.4, 0.5) is 0 Å². The maximum atomic E-state index is 2.48. The summed E-state index contributed by atoms with van der Waals surface area (Å²) in [7, 11) is 0. The highest BCUT2D eigenvalue weighted by Crippen LogP contribution is 2.09. The lowest BCUT2D eigenvalue weighted by Gasteiger charge is -1.99. The highest BCUT2D eigenvalue weighted by atomic mass is 127. The number of unbranched alkanes of at least 4 members (excludes halogenated alkanes) is 2. The Kier molecular flexibility index (Phi) is 6.39. The molecule has 1 unspecified atom stereocenters. The summed E-state index contributed by atoms with van der Waals surface area (Å²) in [5.41, 5.74) is 0. The number of hydrogen-bond acceptors (Lipinski definition) is 0. The molecule has 0 saturated heterocycles. The molecule has 0 amide bonds. The van der Waals surface area contributed by atoms with Crippen molar-refractivity contribution in [2.75, 3.05) is 0 Å². The van der Waals surface area contributed by atoms with Gasteiger partial charge < -0.3 is 0 Å². The summed E-state index contributed by atoms with van der Waals surface area (Å²) in [5, 5.41) is 0. The molecule has 0 aromatic carbocycles. The maximum Gasteiger partial charge on any atom is 0.00813 e. The molecule has 0 radical (unpaired) electrons. The Bertz CT molecular complexity index is 41.7. The van der Waals surface area contributed by atoms with Gasteiger partial charge in [0.25, 0.3) is 0 Å². The van der Waals surface area contributed by atoms with Gasteiger partial charge in [-0.25, -0.2) is 0 Å². The normalized spacial score (nSPS) is 13.9. The van der Waals surface area contributed by atoms with Crippen LogP contribution in [-0.2, 0) is 0 Å². The molecule has 0 aromatic rings. The molecule has 0 rings (SSSR count). The Morgan fingerprint density at radius 2 is 2.00 bits per heavy atom. The van der Waals surface area contributed by atoms with Crippen LogP contribution in [0.2, 0.25) is 0 Å². The zero-order valence-electron chi connectivity index (χ0n) is 5.78. The van der Waals surface area contributed by atoms with Crippen LogP contribution in [0.1, 0.15) is 39.5 Å². The lowest BCUT2D eigenvalue weighted by molar-refractivity contribution is 0.673. The zero-order chi connectivity index (χ0) is 6.41. The first kappa shape index (κ1) is 8.73. The number of rotatable bonds is 4. The predicted octanol–water partition coefficient (Wildman–Crippen LogP) is 3.39. The van der Waals surface area contributed by atoms with Crippen LogP contribution in [0.5, 0.6) is 0 Å². The fraction of sp³-hybridized carbons (Fsp3) is 1.00. The number of hydrogen-bond donors (Lipinski definition) is 0. The van der Waals surface area contributed by atoms with Crippen molar-refractivity contribution >= 4 is 22.6 Å². The topological polar surface area (TPSA) is 0 Å². The fourth-order valence-electron chi connectivity index (χ4n) is 0.676. The monoisotopic (exact) mass is 226 g/mol. The van der Waals surface area contributed by atoms with Crippen LogP contribution in [-0.4, -0.2) is 3.92 Å². The van der Waals surface area contributed by atoms with E-state index in [-0.39, 0.29) is 0 Å². The summed E-state index contributed by atoms with van der Waals surface area (Å²) in [6.07, 6.45) is 5.58. The minimum absolute atomic E-state index is 0.874. The van der Waals surface area contributed by atoms with E-state index >= 15 is 0 Å². The molecular formula is C7H15I. The second-order valence-electron chi connectivity index (χ2n) is 2.28. The molecule has 0 aromatic heterocycles. The van der Waals surface area contributed by atoms with Crippen molar-refractivity contribution in [3.8, 4) is 0 Å². The SMILES string of the molecule is CCCCCC(C)I. The number of alkyl halides is 1. The molecule has 0 N–H and O–H groups in total. The Hall–Kier alpha value is 0.730. The third-order valence-electron chi connectivity index (χ3n) is 1.21. The second-order valence-corrected chi connectivity index (χ2v) is 4.40. The first-order valence-electron chi connectivity index (χ1n) is 3.41. The first-order chi connectivity index (χ1) is 3.77. The summed E-state index contributed by atoms with van der Waals surface area (Å²) < 4.78 is 0.874.